The van der Waals surface area contributed by atoms with Gasteiger partial charge in [-0.2, -0.15) is 4.98 Å². The number of carboxylic acid groups (broad SMARTS) is 1. The fourth-order valence-electron chi connectivity index (χ4n) is 3.01. The summed E-state index contributed by atoms with van der Waals surface area (Å²) in [5, 5.41) is 12.8. The number of hydrogen-bond acceptors (Lipinski definition) is 6. The number of sulfone groups is 1. The number of rotatable bonds is 6. The van der Waals surface area contributed by atoms with Crippen molar-refractivity contribution in [2.24, 2.45) is 5.41 Å². The van der Waals surface area contributed by atoms with Crippen LogP contribution in [0, 0.1) is 5.41 Å². The Morgan fingerprint density at radius 2 is 2.00 bits per heavy atom. The zero-order valence-corrected chi connectivity index (χ0v) is 12.9. The van der Waals surface area contributed by atoms with Crippen molar-refractivity contribution in [2.75, 3.05) is 6.26 Å². The molecule has 0 aliphatic heterocycles. The third-order valence-corrected chi connectivity index (χ3v) is 4.65. The lowest BCUT2D eigenvalue weighted by molar-refractivity contribution is -0.140. The third kappa shape index (κ3) is 4.80. The van der Waals surface area contributed by atoms with Crippen LogP contribution < -0.4 is 0 Å². The predicted molar refractivity (Wildman–Crippen MR) is 74.3 cm³/mol. The van der Waals surface area contributed by atoms with Gasteiger partial charge in [0, 0.05) is 12.7 Å². The number of hydrogen-bond donors (Lipinski definition) is 1. The van der Waals surface area contributed by atoms with Crippen molar-refractivity contribution in [1.29, 1.82) is 0 Å². The summed E-state index contributed by atoms with van der Waals surface area (Å²) >= 11 is 0. The van der Waals surface area contributed by atoms with Gasteiger partial charge in [-0.15, -0.1) is 0 Å². The number of aromatic nitrogens is 2. The second-order valence-corrected chi connectivity index (χ2v) is 8.12. The number of carbonyl (C=O) groups is 1. The maximum absolute atomic E-state index is 11.2. The van der Waals surface area contributed by atoms with Crippen LogP contribution in [0.3, 0.4) is 0 Å². The minimum Gasteiger partial charge on any atom is -0.481 e. The number of aliphatic carboxylic acids is 1. The molecule has 0 bridgehead atoms. The van der Waals surface area contributed by atoms with Gasteiger partial charge in [0.05, 0.1) is 6.42 Å². The van der Waals surface area contributed by atoms with E-state index >= 15 is 0 Å². The topological polar surface area (TPSA) is 110 Å². The van der Waals surface area contributed by atoms with Crippen molar-refractivity contribution in [2.45, 2.75) is 50.7 Å². The second kappa shape index (κ2) is 6.13. The van der Waals surface area contributed by atoms with E-state index in [1.165, 1.54) is 0 Å². The maximum Gasteiger partial charge on any atom is 0.303 e. The minimum atomic E-state index is -3.21. The van der Waals surface area contributed by atoms with E-state index < -0.39 is 15.8 Å². The maximum atomic E-state index is 11.2. The van der Waals surface area contributed by atoms with Crippen molar-refractivity contribution in [3.8, 4) is 0 Å². The van der Waals surface area contributed by atoms with Gasteiger partial charge in [-0.1, -0.05) is 24.4 Å². The molecular formula is C13H20N2O5S. The van der Waals surface area contributed by atoms with E-state index in [1.807, 2.05) is 0 Å². The third-order valence-electron chi connectivity index (χ3n) is 3.87. The molecule has 1 saturated carbocycles. The molecule has 1 fully saturated rings. The Bertz CT molecular complexity index is 602. The van der Waals surface area contributed by atoms with E-state index in [4.69, 9.17) is 9.63 Å². The van der Waals surface area contributed by atoms with Crippen LogP contribution in [-0.2, 0) is 26.8 Å². The molecular weight excluding hydrogens is 296 g/mol. The molecule has 8 heteroatoms. The average molecular weight is 316 g/mol. The second-order valence-electron chi connectivity index (χ2n) is 5.98. The average Bonchev–Trinajstić information content (AvgIpc) is 2.73. The summed E-state index contributed by atoms with van der Waals surface area (Å²) in [6, 6.07) is 0. The molecule has 0 amide bonds. The summed E-state index contributed by atoms with van der Waals surface area (Å²) in [6.07, 6.45) is 6.34. The lowest BCUT2D eigenvalue weighted by Gasteiger charge is -2.34. The van der Waals surface area contributed by atoms with E-state index in [2.05, 4.69) is 10.1 Å². The summed E-state index contributed by atoms with van der Waals surface area (Å²) < 4.78 is 27.5. The van der Waals surface area contributed by atoms with Crippen LogP contribution in [0.15, 0.2) is 4.52 Å². The first-order valence-corrected chi connectivity index (χ1v) is 9.05. The molecule has 1 aromatic rings. The highest BCUT2D eigenvalue weighted by molar-refractivity contribution is 7.89. The molecule has 0 saturated heterocycles. The first-order valence-electron chi connectivity index (χ1n) is 6.99. The quantitative estimate of drug-likeness (QED) is 0.848. The summed E-state index contributed by atoms with van der Waals surface area (Å²) in [7, 11) is -3.21. The van der Waals surface area contributed by atoms with Gasteiger partial charge in [-0.05, 0) is 18.3 Å². The van der Waals surface area contributed by atoms with Crippen LogP contribution in [0.4, 0.5) is 0 Å². The van der Waals surface area contributed by atoms with Gasteiger partial charge in [0.25, 0.3) is 0 Å². The Labute approximate surface area is 123 Å². The van der Waals surface area contributed by atoms with E-state index in [9.17, 15) is 13.2 Å². The molecule has 0 unspecified atom stereocenters. The molecule has 1 aliphatic rings. The highest BCUT2D eigenvalue weighted by Crippen LogP contribution is 2.41. The van der Waals surface area contributed by atoms with Crippen molar-refractivity contribution in [3.05, 3.63) is 11.7 Å². The molecule has 118 valence electrons. The standard InChI is InChI=1S/C13H20N2O5S/c1-21(18,19)9-10-14-11(20-15-10)7-13(8-12(16)17)5-3-2-4-6-13/h2-9H2,1H3,(H,16,17). The van der Waals surface area contributed by atoms with Crippen LogP contribution in [0.25, 0.3) is 0 Å². The highest BCUT2D eigenvalue weighted by Gasteiger charge is 2.36. The molecule has 0 aromatic carbocycles. The molecule has 7 nitrogen and oxygen atoms in total. The van der Waals surface area contributed by atoms with Crippen molar-refractivity contribution < 1.29 is 22.8 Å². The molecule has 1 aliphatic carbocycles. The van der Waals surface area contributed by atoms with E-state index in [1.54, 1.807) is 0 Å². The SMILES string of the molecule is CS(=O)(=O)Cc1noc(CC2(CC(=O)O)CCCCC2)n1. The van der Waals surface area contributed by atoms with Gasteiger partial charge in [-0.3, -0.25) is 4.79 Å². The van der Waals surface area contributed by atoms with E-state index in [-0.39, 0.29) is 23.4 Å². The molecule has 0 radical (unpaired) electrons. The lowest BCUT2D eigenvalue weighted by atomic mass is 9.69. The van der Waals surface area contributed by atoms with Gasteiger partial charge in [-0.25, -0.2) is 8.42 Å². The summed E-state index contributed by atoms with van der Waals surface area (Å²) in [5.41, 5.74) is -0.348. The van der Waals surface area contributed by atoms with Crippen molar-refractivity contribution >= 4 is 15.8 Å². The number of nitrogens with zero attached hydrogens (tertiary/aromatic N) is 2. The van der Waals surface area contributed by atoms with Gasteiger partial charge >= 0.3 is 5.97 Å². The van der Waals surface area contributed by atoms with Gasteiger partial charge < -0.3 is 9.63 Å². The lowest BCUT2D eigenvalue weighted by Crippen LogP contribution is -2.30. The predicted octanol–water partition coefficient (Wildman–Crippen LogP) is 1.58. The monoisotopic (exact) mass is 316 g/mol. The summed E-state index contributed by atoms with van der Waals surface area (Å²) in [6.45, 7) is 0. The van der Waals surface area contributed by atoms with E-state index in [0.717, 1.165) is 38.4 Å². The summed E-state index contributed by atoms with van der Waals surface area (Å²) in [4.78, 5) is 15.2. The van der Waals surface area contributed by atoms with Crippen LogP contribution in [-0.4, -0.2) is 35.9 Å². The normalized spacial score (nSPS) is 18.5. The minimum absolute atomic E-state index is 0.0801. The Hall–Kier alpha value is -1.44. The zero-order valence-electron chi connectivity index (χ0n) is 12.0. The Morgan fingerprint density at radius 1 is 1.33 bits per heavy atom. The first kappa shape index (κ1) is 15.9. The Balaban J connectivity index is 2.11. The zero-order chi connectivity index (χ0) is 15.5. The van der Waals surface area contributed by atoms with Crippen molar-refractivity contribution in [1.82, 2.24) is 10.1 Å². The van der Waals surface area contributed by atoms with Gasteiger partial charge in [0.15, 0.2) is 15.7 Å². The van der Waals surface area contributed by atoms with Crippen molar-refractivity contribution in [3.63, 3.8) is 0 Å². The molecule has 0 atom stereocenters. The van der Waals surface area contributed by atoms with E-state index in [0.29, 0.717) is 12.3 Å². The number of carboxylic acids is 1. The van der Waals surface area contributed by atoms with Gasteiger partial charge in [0.1, 0.15) is 5.75 Å². The van der Waals surface area contributed by atoms with Gasteiger partial charge in [0.2, 0.25) is 5.89 Å². The molecule has 0 spiro atoms. The molecule has 1 heterocycles. The van der Waals surface area contributed by atoms with Crippen LogP contribution in [0.5, 0.6) is 0 Å². The summed E-state index contributed by atoms with van der Waals surface area (Å²) in [5.74, 6) is -0.624. The smallest absolute Gasteiger partial charge is 0.303 e. The van der Waals surface area contributed by atoms with Crippen LogP contribution in [0.1, 0.15) is 50.2 Å². The first-order chi connectivity index (χ1) is 9.78. The fourth-order valence-corrected chi connectivity index (χ4v) is 3.60. The molecule has 1 aromatic heterocycles. The Morgan fingerprint density at radius 3 is 2.57 bits per heavy atom. The Kier molecular flexibility index (Phi) is 4.65. The molecule has 1 N–H and O–H groups in total. The van der Waals surface area contributed by atoms with Crippen LogP contribution >= 0.6 is 0 Å². The van der Waals surface area contributed by atoms with Crippen LogP contribution in [0.2, 0.25) is 0 Å². The largest absolute Gasteiger partial charge is 0.481 e. The molecule has 2 rings (SSSR count). The fraction of sp³-hybridized carbons (Fsp3) is 0.769. The highest BCUT2D eigenvalue weighted by atomic mass is 32.2. The molecule has 21 heavy (non-hydrogen) atoms.